The molecule has 0 saturated heterocycles. The van der Waals surface area contributed by atoms with Crippen LogP contribution in [0.25, 0.3) is 132 Å². The van der Waals surface area contributed by atoms with Crippen molar-refractivity contribution in [2.45, 2.75) is 0 Å². The number of aromatic nitrogens is 2. The van der Waals surface area contributed by atoms with E-state index in [4.69, 9.17) is 0 Å². The Morgan fingerprint density at radius 1 is 0.171 bits per heavy atom. The first-order chi connectivity index (χ1) is 34.7. The van der Waals surface area contributed by atoms with Gasteiger partial charge in [-0.2, -0.15) is 0 Å². The van der Waals surface area contributed by atoms with Crippen molar-refractivity contribution >= 4 is 65.2 Å². The monoisotopic (exact) mass is 888 g/mol. The second-order valence-electron chi connectivity index (χ2n) is 18.4. The highest BCUT2D eigenvalue weighted by atomic mass is 15.0. The van der Waals surface area contributed by atoms with Gasteiger partial charge in [-0.15, -0.1) is 0 Å². The zero-order valence-electron chi connectivity index (χ0n) is 38.3. The van der Waals surface area contributed by atoms with E-state index in [0.29, 0.717) is 0 Å². The molecule has 326 valence electrons. The van der Waals surface area contributed by atoms with Crippen LogP contribution in [0.15, 0.2) is 267 Å². The molecule has 0 atom stereocenters. The molecule has 0 bridgehead atoms. The zero-order valence-corrected chi connectivity index (χ0v) is 38.3. The van der Waals surface area contributed by atoms with Crippen LogP contribution in [0.1, 0.15) is 0 Å². The van der Waals surface area contributed by atoms with Crippen molar-refractivity contribution in [1.29, 1.82) is 0 Å². The maximum atomic E-state index is 2.38. The highest BCUT2D eigenvalue weighted by Crippen LogP contribution is 2.42. The molecule has 14 rings (SSSR count). The van der Waals surface area contributed by atoms with E-state index in [0.717, 1.165) is 0 Å². The SMILES string of the molecule is c1ccc(-n2c3ccccc3c3cc(-c4ccc(-c5ccc(-c6ccc(-c7ccc(-c8ccc9c(c8)c8ccccc8n9-c8ccccc8)c8ccccc78)cc6)cc5)c5ccccc45)ccc32)cc1. The number of hydrogen-bond donors (Lipinski definition) is 0. The average Bonchev–Trinajstić information content (AvgIpc) is 3.95. The van der Waals surface area contributed by atoms with Gasteiger partial charge in [-0.3, -0.25) is 0 Å². The Balaban J connectivity index is 0.768. The van der Waals surface area contributed by atoms with Gasteiger partial charge in [0.2, 0.25) is 0 Å². The predicted octanol–water partition coefficient (Wildman–Crippen LogP) is 18.5. The normalized spacial score (nSPS) is 11.7. The van der Waals surface area contributed by atoms with Crippen LogP contribution < -0.4 is 0 Å². The van der Waals surface area contributed by atoms with Crippen LogP contribution in [-0.2, 0) is 0 Å². The lowest BCUT2D eigenvalue weighted by Gasteiger charge is -2.14. The largest absolute Gasteiger partial charge is 0.309 e. The molecule has 12 aromatic carbocycles. The topological polar surface area (TPSA) is 9.86 Å². The first-order valence-corrected chi connectivity index (χ1v) is 24.2. The molecule has 0 fully saturated rings. The average molecular weight is 889 g/mol. The van der Waals surface area contributed by atoms with Crippen LogP contribution in [0, 0.1) is 0 Å². The third kappa shape index (κ3) is 6.42. The summed E-state index contributed by atoms with van der Waals surface area (Å²) in [5.41, 5.74) is 19.4. The van der Waals surface area contributed by atoms with Crippen molar-refractivity contribution in [2.24, 2.45) is 0 Å². The molecule has 2 heteroatoms. The fraction of sp³-hybridized carbons (Fsp3) is 0. The molecule has 0 unspecified atom stereocenters. The molecule has 0 aliphatic carbocycles. The maximum Gasteiger partial charge on any atom is 0.0541 e. The highest BCUT2D eigenvalue weighted by Gasteiger charge is 2.18. The molecule has 0 aliphatic heterocycles. The lowest BCUT2D eigenvalue weighted by atomic mass is 9.90. The summed E-state index contributed by atoms with van der Waals surface area (Å²) in [4.78, 5) is 0. The Bertz CT molecular complexity index is 4030. The lowest BCUT2D eigenvalue weighted by Crippen LogP contribution is -1.93. The van der Waals surface area contributed by atoms with E-state index in [-0.39, 0.29) is 0 Å². The van der Waals surface area contributed by atoms with Gasteiger partial charge in [-0.05, 0) is 138 Å². The summed E-state index contributed by atoms with van der Waals surface area (Å²) >= 11 is 0. The molecule has 70 heavy (non-hydrogen) atoms. The summed E-state index contributed by atoms with van der Waals surface area (Å²) in [6.45, 7) is 0. The van der Waals surface area contributed by atoms with Crippen molar-refractivity contribution in [3.8, 4) is 67.0 Å². The minimum Gasteiger partial charge on any atom is -0.309 e. The Kier molecular flexibility index (Phi) is 9.25. The summed E-state index contributed by atoms with van der Waals surface area (Å²) in [7, 11) is 0. The van der Waals surface area contributed by atoms with E-state index >= 15 is 0 Å². The number of para-hydroxylation sites is 4. The molecule has 0 amide bonds. The summed E-state index contributed by atoms with van der Waals surface area (Å²) in [5, 5.41) is 10.0. The van der Waals surface area contributed by atoms with E-state index in [1.807, 2.05) is 0 Å². The quantitative estimate of drug-likeness (QED) is 0.151. The summed E-state index contributed by atoms with van der Waals surface area (Å²) < 4.78 is 4.76. The van der Waals surface area contributed by atoms with Gasteiger partial charge in [0.25, 0.3) is 0 Å². The second-order valence-corrected chi connectivity index (χ2v) is 18.4. The predicted molar refractivity (Wildman–Crippen MR) is 297 cm³/mol. The third-order valence-electron chi connectivity index (χ3n) is 14.6. The van der Waals surface area contributed by atoms with Crippen LogP contribution >= 0.6 is 0 Å². The fourth-order valence-electron chi connectivity index (χ4n) is 11.3. The highest BCUT2D eigenvalue weighted by molar-refractivity contribution is 6.14. The fourth-order valence-corrected chi connectivity index (χ4v) is 11.3. The van der Waals surface area contributed by atoms with E-state index < -0.39 is 0 Å². The van der Waals surface area contributed by atoms with Crippen LogP contribution in [0.3, 0.4) is 0 Å². The van der Waals surface area contributed by atoms with Gasteiger partial charge in [0.05, 0.1) is 22.1 Å². The van der Waals surface area contributed by atoms with Crippen LogP contribution in [0.2, 0.25) is 0 Å². The molecule has 2 nitrogen and oxygen atoms in total. The minimum atomic E-state index is 1.17. The number of rotatable bonds is 7. The molecule has 0 N–H and O–H groups in total. The molecular formula is C68H44N2. The van der Waals surface area contributed by atoms with Crippen LogP contribution in [0.5, 0.6) is 0 Å². The zero-order chi connectivity index (χ0) is 46.1. The van der Waals surface area contributed by atoms with Gasteiger partial charge in [-0.1, -0.05) is 206 Å². The van der Waals surface area contributed by atoms with Gasteiger partial charge in [0.15, 0.2) is 0 Å². The molecule has 0 spiro atoms. The van der Waals surface area contributed by atoms with Crippen molar-refractivity contribution in [1.82, 2.24) is 9.13 Å². The number of benzene rings is 12. The Hall–Kier alpha value is -9.24. The molecular weight excluding hydrogens is 845 g/mol. The van der Waals surface area contributed by atoms with Gasteiger partial charge < -0.3 is 9.13 Å². The number of fused-ring (bicyclic) bond motifs is 8. The van der Waals surface area contributed by atoms with Crippen molar-refractivity contribution in [3.63, 3.8) is 0 Å². The molecule has 14 aromatic rings. The summed E-state index contributed by atoms with van der Waals surface area (Å²) in [6.07, 6.45) is 0. The Morgan fingerprint density at radius 3 is 0.814 bits per heavy atom. The third-order valence-corrected chi connectivity index (χ3v) is 14.6. The molecule has 2 heterocycles. The smallest absolute Gasteiger partial charge is 0.0541 e. The summed E-state index contributed by atoms with van der Waals surface area (Å²) in [6, 6.07) is 97.8. The van der Waals surface area contributed by atoms with Gasteiger partial charge in [0, 0.05) is 32.9 Å². The number of nitrogens with zero attached hydrogens (tertiary/aromatic N) is 2. The first-order valence-electron chi connectivity index (χ1n) is 24.2. The van der Waals surface area contributed by atoms with E-state index in [2.05, 4.69) is 276 Å². The van der Waals surface area contributed by atoms with E-state index in [9.17, 15) is 0 Å². The Morgan fingerprint density at radius 2 is 0.443 bits per heavy atom. The van der Waals surface area contributed by atoms with Gasteiger partial charge in [0.1, 0.15) is 0 Å². The van der Waals surface area contributed by atoms with Gasteiger partial charge in [-0.25, -0.2) is 0 Å². The Labute approximate surface area is 406 Å². The molecule has 0 aliphatic rings. The van der Waals surface area contributed by atoms with Crippen molar-refractivity contribution in [3.05, 3.63) is 267 Å². The van der Waals surface area contributed by atoms with E-state index in [1.54, 1.807) is 0 Å². The minimum absolute atomic E-state index is 1.17. The molecule has 2 aromatic heterocycles. The van der Waals surface area contributed by atoms with Crippen molar-refractivity contribution < 1.29 is 0 Å². The van der Waals surface area contributed by atoms with Crippen LogP contribution in [-0.4, -0.2) is 9.13 Å². The molecule has 0 radical (unpaired) electrons. The van der Waals surface area contributed by atoms with Crippen molar-refractivity contribution in [2.75, 3.05) is 0 Å². The second kappa shape index (κ2) is 16.2. The lowest BCUT2D eigenvalue weighted by molar-refractivity contribution is 1.18. The summed E-state index contributed by atoms with van der Waals surface area (Å²) in [5.74, 6) is 0. The standard InChI is InChI=1S/C68H44N2/c1-3-15-51(16-4-1)69-65-25-13-11-23-61(65)63-43-49(35-41-67(63)69)55-39-37-53(57-19-7-9-21-59(55)57)47-31-27-45(28-32-47)46-29-33-48(34-30-46)54-38-40-56(60-22-10-8-20-58(54)60)50-36-42-68-64(44-50)62-24-12-14-26-66(62)70(68)52-17-5-2-6-18-52/h1-44H. The first kappa shape index (κ1) is 39.9. The van der Waals surface area contributed by atoms with E-state index in [1.165, 1.54) is 132 Å². The maximum absolute atomic E-state index is 2.38. The van der Waals surface area contributed by atoms with Crippen LogP contribution in [0.4, 0.5) is 0 Å². The molecule has 0 saturated carbocycles. The van der Waals surface area contributed by atoms with Gasteiger partial charge >= 0.3 is 0 Å². The number of hydrogen-bond acceptors (Lipinski definition) is 0.